The zero-order valence-electron chi connectivity index (χ0n) is 13.8. The van der Waals surface area contributed by atoms with Gasteiger partial charge in [0.1, 0.15) is 6.61 Å². The van der Waals surface area contributed by atoms with E-state index in [1.165, 1.54) is 27.7 Å². The minimum Gasteiger partial charge on any atom is -0.476 e. The molecule has 2 aliphatic carbocycles. The lowest BCUT2D eigenvalue weighted by Gasteiger charge is -2.16. The van der Waals surface area contributed by atoms with E-state index in [0.717, 1.165) is 24.2 Å². The molecule has 1 heterocycles. The number of aromatic carboxylic acids is 1. The van der Waals surface area contributed by atoms with Gasteiger partial charge in [0.05, 0.1) is 0 Å². The number of rotatable bonds is 4. The number of aromatic nitrogens is 1. The summed E-state index contributed by atoms with van der Waals surface area (Å²) in [7, 11) is 0. The maximum Gasteiger partial charge on any atom is 0.413 e. The monoisotopic (exact) mass is 368 g/mol. The van der Waals surface area contributed by atoms with E-state index in [1.54, 1.807) is 0 Å². The highest BCUT2D eigenvalue weighted by Gasteiger charge is 2.31. The maximum absolute atomic E-state index is 12.1. The predicted molar refractivity (Wildman–Crippen MR) is 98.5 cm³/mol. The largest absolute Gasteiger partial charge is 0.476 e. The van der Waals surface area contributed by atoms with Gasteiger partial charge in [-0.2, -0.15) is 0 Å². The Bertz CT molecular complexity index is 945. The molecule has 2 aromatic rings. The first-order chi connectivity index (χ1) is 12.6. The number of fused-ring (bicyclic) bond motifs is 2. The second-order valence-electron chi connectivity index (χ2n) is 6.08. The van der Waals surface area contributed by atoms with E-state index in [0.29, 0.717) is 0 Å². The van der Waals surface area contributed by atoms with Crippen LogP contribution in [0.4, 0.5) is 9.93 Å². The fraction of sp³-hybridized carbons (Fsp3) is 0.211. The molecule has 2 aliphatic rings. The van der Waals surface area contributed by atoms with Gasteiger partial charge in [-0.15, -0.1) is 11.3 Å². The van der Waals surface area contributed by atoms with Crippen molar-refractivity contribution in [3.05, 3.63) is 64.2 Å². The third kappa shape index (κ3) is 3.01. The molecule has 6 nitrogen and oxygen atoms in total. The highest BCUT2D eigenvalue weighted by atomic mass is 32.1. The number of ether oxygens (including phenoxy) is 1. The number of nitrogens with one attached hydrogen (secondary N) is 1. The number of carboxylic acids is 1. The average molecular weight is 368 g/mol. The number of hydrogen-bond acceptors (Lipinski definition) is 5. The molecule has 1 unspecified atom stereocenters. The Hall–Kier alpha value is -2.93. The summed E-state index contributed by atoms with van der Waals surface area (Å²) in [4.78, 5) is 26.7. The van der Waals surface area contributed by atoms with Crippen molar-refractivity contribution in [2.75, 3.05) is 11.9 Å². The van der Waals surface area contributed by atoms with Gasteiger partial charge < -0.3 is 9.84 Å². The number of carbonyl (C=O) groups excluding carboxylic acids is 1. The van der Waals surface area contributed by atoms with Gasteiger partial charge in [0.25, 0.3) is 0 Å². The van der Waals surface area contributed by atoms with Crippen molar-refractivity contribution in [1.29, 1.82) is 0 Å². The Labute approximate surface area is 153 Å². The van der Waals surface area contributed by atoms with E-state index in [1.807, 2.05) is 12.1 Å². The molecule has 1 amide bonds. The molecular weight excluding hydrogens is 352 g/mol. The average Bonchev–Trinajstić information content (AvgIpc) is 3.23. The summed E-state index contributed by atoms with van der Waals surface area (Å²) in [5, 5.41) is 12.9. The molecular formula is C19H16N2O4S. The van der Waals surface area contributed by atoms with E-state index >= 15 is 0 Å². The lowest BCUT2D eigenvalue weighted by molar-refractivity contribution is 0.0691. The molecule has 0 saturated heterocycles. The normalized spacial score (nSPS) is 17.6. The number of nitrogens with zero attached hydrogens (tertiary/aromatic N) is 1. The van der Waals surface area contributed by atoms with Gasteiger partial charge in [0.2, 0.25) is 0 Å². The summed E-state index contributed by atoms with van der Waals surface area (Å²) in [5.41, 5.74) is 4.87. The van der Waals surface area contributed by atoms with Gasteiger partial charge in [0.15, 0.2) is 10.8 Å². The quantitative estimate of drug-likeness (QED) is 0.840. The van der Waals surface area contributed by atoms with Crippen LogP contribution in [0.5, 0.6) is 0 Å². The Kier molecular flexibility index (Phi) is 4.30. The number of carbonyl (C=O) groups is 2. The molecule has 0 fully saturated rings. The Morgan fingerprint density at radius 2 is 2.19 bits per heavy atom. The van der Waals surface area contributed by atoms with Gasteiger partial charge in [-0.05, 0) is 35.1 Å². The van der Waals surface area contributed by atoms with Gasteiger partial charge in [-0.25, -0.2) is 14.6 Å². The minimum atomic E-state index is -1.13. The highest BCUT2D eigenvalue weighted by molar-refractivity contribution is 7.14. The Balaban J connectivity index is 1.45. The fourth-order valence-corrected chi connectivity index (χ4v) is 4.10. The molecule has 0 radical (unpaired) electrons. The molecule has 1 aromatic heterocycles. The van der Waals surface area contributed by atoms with Crippen LogP contribution in [0, 0.1) is 0 Å². The maximum atomic E-state index is 12.1. The molecule has 1 aromatic carbocycles. The number of anilines is 1. The Morgan fingerprint density at radius 1 is 1.35 bits per heavy atom. The van der Waals surface area contributed by atoms with Crippen molar-refractivity contribution in [2.24, 2.45) is 0 Å². The van der Waals surface area contributed by atoms with E-state index in [9.17, 15) is 9.59 Å². The van der Waals surface area contributed by atoms with Crippen molar-refractivity contribution < 1.29 is 19.4 Å². The van der Waals surface area contributed by atoms with E-state index in [2.05, 4.69) is 34.6 Å². The smallest absolute Gasteiger partial charge is 0.413 e. The number of amides is 1. The number of thiazole rings is 1. The number of benzene rings is 1. The number of hydrogen-bond donors (Lipinski definition) is 2. The number of allylic oxidation sites excluding steroid dienone is 3. The lowest BCUT2D eigenvalue weighted by atomic mass is 9.93. The van der Waals surface area contributed by atoms with Crippen molar-refractivity contribution in [3.8, 4) is 0 Å². The van der Waals surface area contributed by atoms with Gasteiger partial charge >= 0.3 is 12.1 Å². The van der Waals surface area contributed by atoms with E-state index in [-0.39, 0.29) is 23.4 Å². The molecule has 0 bridgehead atoms. The molecule has 132 valence electrons. The topological polar surface area (TPSA) is 88.5 Å². The van der Waals surface area contributed by atoms with Crippen molar-refractivity contribution in [3.63, 3.8) is 0 Å². The van der Waals surface area contributed by atoms with Crippen molar-refractivity contribution in [2.45, 2.75) is 18.8 Å². The van der Waals surface area contributed by atoms with Crippen LogP contribution >= 0.6 is 11.3 Å². The van der Waals surface area contributed by atoms with Crippen molar-refractivity contribution in [1.82, 2.24) is 4.98 Å². The molecule has 7 heteroatoms. The molecule has 4 rings (SSSR count). The number of carboxylic acid groups (broad SMARTS) is 1. The van der Waals surface area contributed by atoms with Crippen LogP contribution in [0.15, 0.2) is 47.4 Å². The summed E-state index contributed by atoms with van der Waals surface area (Å²) in [6, 6.07) is 8.22. The molecule has 2 N–H and O–H groups in total. The summed E-state index contributed by atoms with van der Waals surface area (Å²) < 4.78 is 5.41. The fourth-order valence-electron chi connectivity index (χ4n) is 3.43. The van der Waals surface area contributed by atoms with Gasteiger partial charge in [-0.3, -0.25) is 5.32 Å². The second-order valence-corrected chi connectivity index (χ2v) is 6.94. The molecule has 26 heavy (non-hydrogen) atoms. The highest BCUT2D eigenvalue weighted by Crippen LogP contribution is 2.46. The van der Waals surface area contributed by atoms with Crippen LogP contribution in [0.1, 0.15) is 40.4 Å². The first-order valence-electron chi connectivity index (χ1n) is 8.25. The summed E-state index contributed by atoms with van der Waals surface area (Å²) in [6.07, 6.45) is 5.67. The predicted octanol–water partition coefficient (Wildman–Crippen LogP) is 4.29. The second kappa shape index (κ2) is 6.76. The molecule has 0 saturated carbocycles. The van der Waals surface area contributed by atoms with Gasteiger partial charge in [-0.1, -0.05) is 36.4 Å². The summed E-state index contributed by atoms with van der Waals surface area (Å²) >= 11 is 1.05. The zero-order valence-corrected chi connectivity index (χ0v) is 14.6. The third-order valence-electron chi connectivity index (χ3n) is 4.56. The van der Waals surface area contributed by atoms with E-state index in [4.69, 9.17) is 9.84 Å². The van der Waals surface area contributed by atoms with Crippen LogP contribution < -0.4 is 5.32 Å². The van der Waals surface area contributed by atoms with Crippen LogP contribution in [0.25, 0.3) is 5.57 Å². The standard InChI is InChI=1S/C19H16N2O4S/c22-17(23)16-10-26-18(20-16)21-19(24)25-9-15-13-7-3-1-5-11(13)12-6-2-4-8-14(12)15/h1,3-5,7-8,10,15H,2,6,9H2,(H,22,23)(H,20,21,24). The molecule has 0 aliphatic heterocycles. The SMILES string of the molecule is O=C(Nc1nc(C(=O)O)cs1)OCC1C2=C(CCC=C2)c2ccccc21. The van der Waals surface area contributed by atoms with Crippen LogP contribution in [-0.2, 0) is 4.74 Å². The van der Waals surface area contributed by atoms with Gasteiger partial charge in [0, 0.05) is 11.3 Å². The summed E-state index contributed by atoms with van der Waals surface area (Å²) in [6.45, 7) is 0.225. The third-order valence-corrected chi connectivity index (χ3v) is 5.31. The minimum absolute atomic E-state index is 0.0226. The van der Waals surface area contributed by atoms with Crippen LogP contribution in [0.3, 0.4) is 0 Å². The molecule has 1 atom stereocenters. The van der Waals surface area contributed by atoms with E-state index < -0.39 is 12.1 Å². The van der Waals surface area contributed by atoms with Crippen LogP contribution in [-0.4, -0.2) is 28.8 Å². The Morgan fingerprint density at radius 3 is 3.00 bits per heavy atom. The molecule has 0 spiro atoms. The summed E-state index contributed by atoms with van der Waals surface area (Å²) in [5.74, 6) is -1.11. The first kappa shape index (κ1) is 16.5. The zero-order chi connectivity index (χ0) is 18.1. The lowest BCUT2D eigenvalue weighted by Crippen LogP contribution is -2.18. The van der Waals surface area contributed by atoms with Crippen molar-refractivity contribution >= 4 is 34.1 Å². The first-order valence-corrected chi connectivity index (χ1v) is 9.13. The van der Waals surface area contributed by atoms with Crippen LogP contribution in [0.2, 0.25) is 0 Å².